The van der Waals surface area contributed by atoms with E-state index >= 15 is 0 Å². The molecule has 1 fully saturated rings. The molecule has 2 N–H and O–H groups in total. The molecule has 0 spiro atoms. The van der Waals surface area contributed by atoms with Crippen molar-refractivity contribution in [3.05, 3.63) is 11.8 Å². The molecular formula is C19H36O5. The highest BCUT2D eigenvalue weighted by Crippen LogP contribution is 2.20. The van der Waals surface area contributed by atoms with Crippen LogP contribution in [0.25, 0.3) is 0 Å². The summed E-state index contributed by atoms with van der Waals surface area (Å²) in [6, 6.07) is 0. The fourth-order valence-electron chi connectivity index (χ4n) is 2.91. The summed E-state index contributed by atoms with van der Waals surface area (Å²) in [7, 11) is 1.34. The number of hydrogen-bond donors (Lipinski definition) is 2. The summed E-state index contributed by atoms with van der Waals surface area (Å²) < 4.78 is 16.1. The topological polar surface area (TPSA) is 68.2 Å². The van der Waals surface area contributed by atoms with Gasteiger partial charge in [0.2, 0.25) is 6.29 Å². The van der Waals surface area contributed by atoms with Crippen molar-refractivity contribution in [1.82, 2.24) is 0 Å². The standard InChI is InChI=1S/C19H36O5/c1-3-4-5-6-7-8-9-10-11-12-18-23-14-13-16(24-18)15-17(20)19(21)22-2/h15-16,18-21H,3-14H2,1-2H3/b17-15+/t16-,18?,19+/m1/s1. The fourth-order valence-corrected chi connectivity index (χ4v) is 2.91. The van der Waals surface area contributed by atoms with Gasteiger partial charge in [0.15, 0.2) is 6.29 Å². The van der Waals surface area contributed by atoms with E-state index < -0.39 is 6.29 Å². The molecule has 0 radical (unpaired) electrons. The van der Waals surface area contributed by atoms with Gasteiger partial charge in [0.1, 0.15) is 5.76 Å². The van der Waals surface area contributed by atoms with E-state index in [4.69, 9.17) is 9.47 Å². The average molecular weight is 344 g/mol. The van der Waals surface area contributed by atoms with E-state index in [2.05, 4.69) is 11.7 Å². The van der Waals surface area contributed by atoms with Gasteiger partial charge in [-0.3, -0.25) is 0 Å². The maximum absolute atomic E-state index is 9.67. The molecule has 5 heteroatoms. The predicted molar refractivity (Wildman–Crippen MR) is 94.8 cm³/mol. The molecule has 0 aromatic carbocycles. The molecule has 0 aliphatic carbocycles. The number of rotatable bonds is 13. The number of unbranched alkanes of at least 4 members (excludes halogenated alkanes) is 8. The summed E-state index contributed by atoms with van der Waals surface area (Å²) in [4.78, 5) is 0. The zero-order valence-corrected chi connectivity index (χ0v) is 15.4. The molecule has 1 aliphatic rings. The first kappa shape index (κ1) is 21.4. The second-order valence-electron chi connectivity index (χ2n) is 6.56. The molecule has 24 heavy (non-hydrogen) atoms. The van der Waals surface area contributed by atoms with Gasteiger partial charge in [-0.2, -0.15) is 0 Å². The van der Waals surface area contributed by atoms with Crippen molar-refractivity contribution in [3.8, 4) is 0 Å². The Balaban J connectivity index is 2.09. The molecular weight excluding hydrogens is 308 g/mol. The third kappa shape index (κ3) is 9.62. The van der Waals surface area contributed by atoms with Gasteiger partial charge < -0.3 is 24.4 Å². The second kappa shape index (κ2) is 13.6. The largest absolute Gasteiger partial charge is 0.507 e. The van der Waals surface area contributed by atoms with E-state index in [1.165, 1.54) is 64.6 Å². The number of methoxy groups -OCH3 is 1. The quantitative estimate of drug-likeness (QED) is 0.293. The third-order valence-electron chi connectivity index (χ3n) is 4.41. The lowest BCUT2D eigenvalue weighted by Crippen LogP contribution is -2.32. The Morgan fingerprint density at radius 1 is 1.12 bits per heavy atom. The van der Waals surface area contributed by atoms with Crippen LogP contribution in [0, 0.1) is 0 Å². The Kier molecular flexibility index (Phi) is 12.2. The van der Waals surface area contributed by atoms with Gasteiger partial charge in [-0.05, 0) is 18.9 Å². The summed E-state index contributed by atoms with van der Waals surface area (Å²) in [6.45, 7) is 2.86. The number of aliphatic hydroxyl groups excluding tert-OH is 2. The highest BCUT2D eigenvalue weighted by Gasteiger charge is 2.22. The van der Waals surface area contributed by atoms with E-state index in [-0.39, 0.29) is 18.2 Å². The van der Waals surface area contributed by atoms with Gasteiger partial charge >= 0.3 is 0 Å². The monoisotopic (exact) mass is 344 g/mol. The minimum atomic E-state index is -1.28. The van der Waals surface area contributed by atoms with Gasteiger partial charge in [-0.1, -0.05) is 58.3 Å². The third-order valence-corrected chi connectivity index (χ3v) is 4.41. The first-order chi connectivity index (χ1) is 11.7. The normalized spacial score (nSPS) is 23.4. The maximum atomic E-state index is 9.67. The minimum Gasteiger partial charge on any atom is -0.507 e. The van der Waals surface area contributed by atoms with Gasteiger partial charge in [0, 0.05) is 13.5 Å². The second-order valence-corrected chi connectivity index (χ2v) is 6.56. The fraction of sp³-hybridized carbons (Fsp3) is 0.895. The van der Waals surface area contributed by atoms with Crippen LogP contribution in [0.5, 0.6) is 0 Å². The molecule has 5 nitrogen and oxygen atoms in total. The SMILES string of the molecule is CCCCCCCCCCCC1OCC[C@H](/C=C(/O)[C@@H](O)OC)O1. The van der Waals surface area contributed by atoms with Crippen LogP contribution in [0.2, 0.25) is 0 Å². The van der Waals surface area contributed by atoms with E-state index in [9.17, 15) is 10.2 Å². The molecule has 1 saturated heterocycles. The smallest absolute Gasteiger partial charge is 0.213 e. The van der Waals surface area contributed by atoms with E-state index in [0.29, 0.717) is 13.0 Å². The zero-order chi connectivity index (χ0) is 17.6. The van der Waals surface area contributed by atoms with Crippen molar-refractivity contribution in [2.75, 3.05) is 13.7 Å². The highest BCUT2D eigenvalue weighted by molar-refractivity contribution is 4.99. The number of ether oxygens (including phenoxy) is 3. The van der Waals surface area contributed by atoms with Crippen molar-refractivity contribution in [2.45, 2.75) is 96.2 Å². The summed E-state index contributed by atoms with van der Waals surface area (Å²) in [5.74, 6) is -0.203. The Labute approximate surface area is 147 Å². The zero-order valence-electron chi connectivity index (χ0n) is 15.4. The summed E-state index contributed by atoms with van der Waals surface area (Å²) >= 11 is 0. The van der Waals surface area contributed by atoms with Gasteiger partial charge in [-0.15, -0.1) is 0 Å². The first-order valence-corrected chi connectivity index (χ1v) is 9.56. The van der Waals surface area contributed by atoms with Crippen LogP contribution in [-0.4, -0.2) is 42.6 Å². The lowest BCUT2D eigenvalue weighted by Gasteiger charge is -2.29. The number of hydrogen-bond acceptors (Lipinski definition) is 5. The maximum Gasteiger partial charge on any atom is 0.213 e. The van der Waals surface area contributed by atoms with Crippen LogP contribution in [0.3, 0.4) is 0 Å². The molecule has 3 atom stereocenters. The molecule has 1 rings (SSSR count). The predicted octanol–water partition coefficient (Wildman–Crippen LogP) is 4.45. The summed E-state index contributed by atoms with van der Waals surface area (Å²) in [5.41, 5.74) is 0. The Hall–Kier alpha value is -0.620. The van der Waals surface area contributed by atoms with E-state index in [0.717, 1.165) is 12.8 Å². The van der Waals surface area contributed by atoms with Crippen molar-refractivity contribution < 1.29 is 24.4 Å². The lowest BCUT2D eigenvalue weighted by atomic mass is 10.1. The average Bonchev–Trinajstić information content (AvgIpc) is 2.60. The molecule has 0 aromatic rings. The summed E-state index contributed by atoms with van der Waals surface area (Å²) in [5, 5.41) is 19.1. The summed E-state index contributed by atoms with van der Waals surface area (Å²) in [6.07, 6.45) is 13.0. The van der Waals surface area contributed by atoms with Gasteiger partial charge in [-0.25, -0.2) is 0 Å². The molecule has 0 saturated carbocycles. The highest BCUT2D eigenvalue weighted by atomic mass is 16.7. The molecule has 1 unspecified atom stereocenters. The molecule has 0 bridgehead atoms. The van der Waals surface area contributed by atoms with Crippen molar-refractivity contribution >= 4 is 0 Å². The number of aliphatic hydroxyl groups is 2. The Morgan fingerprint density at radius 3 is 2.38 bits per heavy atom. The molecule has 0 aromatic heterocycles. The molecule has 142 valence electrons. The van der Waals surface area contributed by atoms with Crippen LogP contribution >= 0.6 is 0 Å². The van der Waals surface area contributed by atoms with Crippen molar-refractivity contribution in [1.29, 1.82) is 0 Å². The minimum absolute atomic E-state index is 0.203. The molecule has 1 aliphatic heterocycles. The van der Waals surface area contributed by atoms with E-state index in [1.54, 1.807) is 0 Å². The van der Waals surface area contributed by atoms with Crippen LogP contribution in [0.15, 0.2) is 11.8 Å². The lowest BCUT2D eigenvalue weighted by molar-refractivity contribution is -0.203. The Bertz CT molecular complexity index is 332. The van der Waals surface area contributed by atoms with Gasteiger partial charge in [0.25, 0.3) is 0 Å². The molecule has 0 amide bonds. The van der Waals surface area contributed by atoms with Gasteiger partial charge in [0.05, 0.1) is 12.7 Å². The first-order valence-electron chi connectivity index (χ1n) is 9.56. The van der Waals surface area contributed by atoms with Crippen LogP contribution in [0.4, 0.5) is 0 Å². The molecule has 1 heterocycles. The van der Waals surface area contributed by atoms with Crippen LogP contribution in [0.1, 0.15) is 77.6 Å². The van der Waals surface area contributed by atoms with E-state index in [1.807, 2.05) is 0 Å². The van der Waals surface area contributed by atoms with Crippen LogP contribution < -0.4 is 0 Å². The van der Waals surface area contributed by atoms with Crippen LogP contribution in [-0.2, 0) is 14.2 Å². The van der Waals surface area contributed by atoms with Crippen molar-refractivity contribution in [3.63, 3.8) is 0 Å². The Morgan fingerprint density at radius 2 is 1.75 bits per heavy atom. The van der Waals surface area contributed by atoms with Crippen molar-refractivity contribution in [2.24, 2.45) is 0 Å².